The zero-order valence-electron chi connectivity index (χ0n) is 12.6. The zero-order valence-corrected chi connectivity index (χ0v) is 13.5. The van der Waals surface area contributed by atoms with Gasteiger partial charge in [0.05, 0.1) is 11.5 Å². The molecule has 1 N–H and O–H groups in total. The van der Waals surface area contributed by atoms with E-state index in [4.69, 9.17) is 0 Å². The molecule has 2 aliphatic rings. The smallest absolute Gasteiger partial charge is 0.151 e. The van der Waals surface area contributed by atoms with E-state index in [0.717, 1.165) is 25.9 Å². The molecule has 3 atom stereocenters. The fraction of sp³-hybridized carbons (Fsp3) is 1.00. The minimum atomic E-state index is -2.80. The molecule has 0 radical (unpaired) electrons. The first-order valence-electron chi connectivity index (χ1n) is 7.47. The molecule has 0 aromatic carbocycles. The molecular formula is C14H28N2O2S. The van der Waals surface area contributed by atoms with Gasteiger partial charge in [-0.15, -0.1) is 0 Å². The Labute approximate surface area is 117 Å². The van der Waals surface area contributed by atoms with Crippen LogP contribution in [0.25, 0.3) is 0 Å². The molecule has 0 saturated carbocycles. The van der Waals surface area contributed by atoms with Crippen LogP contribution in [0.1, 0.15) is 40.5 Å². The highest BCUT2D eigenvalue weighted by Crippen LogP contribution is 2.29. The molecule has 2 aliphatic heterocycles. The lowest BCUT2D eigenvalue weighted by atomic mass is 9.88. The molecule has 0 aromatic rings. The maximum atomic E-state index is 11.7. The summed E-state index contributed by atoms with van der Waals surface area (Å²) in [4.78, 5) is 2.48. The van der Waals surface area contributed by atoms with Gasteiger partial charge in [0.15, 0.2) is 9.84 Å². The average molecular weight is 288 g/mol. The Morgan fingerprint density at radius 2 is 2.11 bits per heavy atom. The van der Waals surface area contributed by atoms with Gasteiger partial charge in [-0.2, -0.15) is 0 Å². The van der Waals surface area contributed by atoms with Crippen molar-refractivity contribution < 1.29 is 8.42 Å². The highest BCUT2D eigenvalue weighted by molar-refractivity contribution is 7.91. The third-order valence-corrected chi connectivity index (χ3v) is 6.67. The molecule has 112 valence electrons. The van der Waals surface area contributed by atoms with Crippen molar-refractivity contribution in [2.75, 3.05) is 24.6 Å². The van der Waals surface area contributed by atoms with Crippen molar-refractivity contribution in [3.8, 4) is 0 Å². The van der Waals surface area contributed by atoms with Gasteiger partial charge in [0.1, 0.15) is 0 Å². The molecule has 2 rings (SSSR count). The normalized spacial score (nSPS) is 39.8. The first kappa shape index (κ1) is 15.3. The lowest BCUT2D eigenvalue weighted by Crippen LogP contribution is -2.66. The highest BCUT2D eigenvalue weighted by Gasteiger charge is 2.42. The van der Waals surface area contributed by atoms with Crippen molar-refractivity contribution in [1.29, 1.82) is 0 Å². The van der Waals surface area contributed by atoms with Crippen molar-refractivity contribution in [3.63, 3.8) is 0 Å². The monoisotopic (exact) mass is 288 g/mol. The van der Waals surface area contributed by atoms with Gasteiger partial charge in [0, 0.05) is 30.7 Å². The van der Waals surface area contributed by atoms with E-state index in [1.807, 2.05) is 0 Å². The average Bonchev–Trinajstić information content (AvgIpc) is 2.69. The number of hydrogen-bond acceptors (Lipinski definition) is 4. The molecule has 3 unspecified atom stereocenters. The van der Waals surface area contributed by atoms with E-state index in [0.29, 0.717) is 23.5 Å². The SMILES string of the molecule is CCC1(C)CN(C2CCS(=O)(=O)C2)C(C(C)C)CN1. The summed E-state index contributed by atoms with van der Waals surface area (Å²) >= 11 is 0. The summed E-state index contributed by atoms with van der Waals surface area (Å²) < 4.78 is 23.5. The Morgan fingerprint density at radius 3 is 2.58 bits per heavy atom. The van der Waals surface area contributed by atoms with Crippen molar-refractivity contribution in [2.24, 2.45) is 5.92 Å². The summed E-state index contributed by atoms with van der Waals surface area (Å²) in [7, 11) is -2.80. The quantitative estimate of drug-likeness (QED) is 0.850. The first-order valence-corrected chi connectivity index (χ1v) is 9.30. The summed E-state index contributed by atoms with van der Waals surface area (Å²) in [5, 5.41) is 3.66. The number of hydrogen-bond donors (Lipinski definition) is 1. The summed E-state index contributed by atoms with van der Waals surface area (Å²) in [5.41, 5.74) is 0.123. The summed E-state index contributed by atoms with van der Waals surface area (Å²) in [6.07, 6.45) is 1.89. The molecule has 0 amide bonds. The van der Waals surface area contributed by atoms with E-state index in [9.17, 15) is 8.42 Å². The highest BCUT2D eigenvalue weighted by atomic mass is 32.2. The molecule has 5 heteroatoms. The Bertz CT molecular complexity index is 421. The second-order valence-corrected chi connectivity index (χ2v) is 9.06. The molecule has 4 nitrogen and oxygen atoms in total. The fourth-order valence-electron chi connectivity index (χ4n) is 3.34. The molecule has 0 aromatic heterocycles. The topological polar surface area (TPSA) is 49.4 Å². The Balaban J connectivity index is 2.17. The maximum absolute atomic E-state index is 11.7. The minimum Gasteiger partial charge on any atom is -0.309 e. The maximum Gasteiger partial charge on any atom is 0.151 e. The Hall–Kier alpha value is -0.130. The second-order valence-electron chi connectivity index (χ2n) is 6.84. The van der Waals surface area contributed by atoms with Gasteiger partial charge >= 0.3 is 0 Å². The van der Waals surface area contributed by atoms with Gasteiger partial charge < -0.3 is 5.32 Å². The molecule has 0 aliphatic carbocycles. The number of sulfone groups is 1. The number of piperazine rings is 1. The van der Waals surface area contributed by atoms with Crippen molar-refractivity contribution >= 4 is 9.84 Å². The van der Waals surface area contributed by atoms with Gasteiger partial charge in [-0.1, -0.05) is 20.8 Å². The van der Waals surface area contributed by atoms with Crippen LogP contribution < -0.4 is 5.32 Å². The molecular weight excluding hydrogens is 260 g/mol. The molecule has 0 spiro atoms. The standard InChI is InChI=1S/C14H28N2O2S/c1-5-14(4)10-16(13(8-15-14)11(2)3)12-6-7-19(17,18)9-12/h11-13,15H,5-10H2,1-4H3. The van der Waals surface area contributed by atoms with Crippen LogP contribution in [0.2, 0.25) is 0 Å². The molecule has 2 fully saturated rings. The molecule has 2 heterocycles. The van der Waals surface area contributed by atoms with Crippen molar-refractivity contribution in [1.82, 2.24) is 10.2 Å². The van der Waals surface area contributed by atoms with Gasteiger partial charge in [-0.05, 0) is 25.7 Å². The van der Waals surface area contributed by atoms with Crippen LogP contribution in [0.5, 0.6) is 0 Å². The van der Waals surface area contributed by atoms with E-state index >= 15 is 0 Å². The largest absolute Gasteiger partial charge is 0.309 e. The minimum absolute atomic E-state index is 0.123. The van der Waals surface area contributed by atoms with Crippen LogP contribution in [0.3, 0.4) is 0 Å². The first-order chi connectivity index (χ1) is 8.76. The summed E-state index contributed by atoms with van der Waals surface area (Å²) in [6, 6.07) is 0.684. The Morgan fingerprint density at radius 1 is 1.42 bits per heavy atom. The van der Waals surface area contributed by atoms with E-state index in [2.05, 4.69) is 37.9 Å². The van der Waals surface area contributed by atoms with Gasteiger partial charge in [0.2, 0.25) is 0 Å². The number of rotatable bonds is 3. The third kappa shape index (κ3) is 3.31. The third-order valence-electron chi connectivity index (χ3n) is 4.92. The summed E-state index contributed by atoms with van der Waals surface area (Å²) in [6.45, 7) is 10.9. The molecule has 0 bridgehead atoms. The van der Waals surface area contributed by atoms with Crippen molar-refractivity contribution in [2.45, 2.75) is 58.2 Å². The van der Waals surface area contributed by atoms with Crippen LogP contribution in [0.4, 0.5) is 0 Å². The molecule has 2 saturated heterocycles. The van der Waals surface area contributed by atoms with Crippen LogP contribution in [0, 0.1) is 5.92 Å². The van der Waals surface area contributed by atoms with Crippen LogP contribution >= 0.6 is 0 Å². The summed E-state index contributed by atoms with van der Waals surface area (Å²) in [5.74, 6) is 1.28. The van der Waals surface area contributed by atoms with E-state index in [1.165, 1.54) is 0 Å². The van der Waals surface area contributed by atoms with Crippen LogP contribution in [-0.2, 0) is 9.84 Å². The Kier molecular flexibility index (Phi) is 4.29. The number of nitrogens with one attached hydrogen (secondary N) is 1. The molecule has 19 heavy (non-hydrogen) atoms. The predicted molar refractivity (Wildman–Crippen MR) is 79.1 cm³/mol. The van der Waals surface area contributed by atoms with E-state index < -0.39 is 9.84 Å². The van der Waals surface area contributed by atoms with E-state index in [-0.39, 0.29) is 11.6 Å². The van der Waals surface area contributed by atoms with Crippen molar-refractivity contribution in [3.05, 3.63) is 0 Å². The zero-order chi connectivity index (χ0) is 14.3. The second kappa shape index (κ2) is 5.34. The lowest BCUT2D eigenvalue weighted by Gasteiger charge is -2.49. The van der Waals surface area contributed by atoms with Gasteiger partial charge in [-0.25, -0.2) is 8.42 Å². The lowest BCUT2D eigenvalue weighted by molar-refractivity contribution is 0.0324. The predicted octanol–water partition coefficient (Wildman–Crippen LogP) is 1.27. The number of nitrogens with zero attached hydrogens (tertiary/aromatic N) is 1. The van der Waals surface area contributed by atoms with E-state index in [1.54, 1.807) is 0 Å². The van der Waals surface area contributed by atoms with Crippen LogP contribution in [-0.4, -0.2) is 55.5 Å². The fourth-order valence-corrected chi connectivity index (χ4v) is 5.08. The van der Waals surface area contributed by atoms with Crippen LogP contribution in [0.15, 0.2) is 0 Å². The van der Waals surface area contributed by atoms with Gasteiger partial charge in [-0.3, -0.25) is 4.90 Å². The van der Waals surface area contributed by atoms with Gasteiger partial charge in [0.25, 0.3) is 0 Å².